The van der Waals surface area contributed by atoms with Crippen LogP contribution in [-0.4, -0.2) is 0 Å². The molecule has 0 fully saturated rings. The van der Waals surface area contributed by atoms with Crippen LogP contribution in [0.15, 0.2) is 291 Å². The van der Waals surface area contributed by atoms with Gasteiger partial charge in [0.25, 0.3) is 0 Å². The van der Waals surface area contributed by atoms with Gasteiger partial charge in [-0.3, -0.25) is 0 Å². The van der Waals surface area contributed by atoms with Crippen molar-refractivity contribution in [1.29, 1.82) is 0 Å². The van der Waals surface area contributed by atoms with E-state index in [1.165, 1.54) is 135 Å². The second-order valence-corrected chi connectivity index (χ2v) is 25.3. The van der Waals surface area contributed by atoms with Gasteiger partial charge in [0.1, 0.15) is 0 Å². The van der Waals surface area contributed by atoms with Gasteiger partial charge in [-0.1, -0.05) is 232 Å². The quantitative estimate of drug-likeness (QED) is 0.125. The molecule has 1 aliphatic carbocycles. The molecule has 0 N–H and O–H groups in total. The van der Waals surface area contributed by atoms with E-state index in [0.29, 0.717) is 0 Å². The lowest BCUT2D eigenvalue weighted by Gasteiger charge is -2.29. The van der Waals surface area contributed by atoms with Gasteiger partial charge >= 0.3 is 0 Å². The average molecular weight is 1110 g/mol. The summed E-state index contributed by atoms with van der Waals surface area (Å²) in [7, 11) is 0. The van der Waals surface area contributed by atoms with Crippen LogP contribution in [0.25, 0.3) is 107 Å². The second-order valence-electron chi connectivity index (χ2n) is 23.1. The molecule has 15 aromatic rings. The Morgan fingerprint density at radius 3 is 1.40 bits per heavy atom. The summed E-state index contributed by atoms with van der Waals surface area (Å²) in [6, 6.07) is 109. The van der Waals surface area contributed by atoms with Gasteiger partial charge in [-0.15, -0.1) is 22.7 Å². The van der Waals surface area contributed by atoms with Crippen molar-refractivity contribution in [1.82, 2.24) is 0 Å². The fourth-order valence-corrected chi connectivity index (χ4v) is 15.8. The number of fused-ring (bicyclic) bond motifs is 11. The van der Waals surface area contributed by atoms with Crippen LogP contribution in [0.3, 0.4) is 0 Å². The highest BCUT2D eigenvalue weighted by atomic mass is 32.1. The maximum atomic E-state index is 2.58. The Morgan fingerprint density at radius 1 is 0.310 bits per heavy atom. The van der Waals surface area contributed by atoms with Crippen LogP contribution in [0.4, 0.5) is 17.1 Å². The van der Waals surface area contributed by atoms with Crippen LogP contribution in [-0.2, 0) is 11.8 Å². The first-order chi connectivity index (χ1) is 41.4. The fraction of sp³-hybridized carbons (Fsp3) is 0.0617. The first kappa shape index (κ1) is 50.1. The molecule has 398 valence electrons. The molecule has 13 aromatic carbocycles. The number of benzene rings is 13. The highest BCUT2D eigenvalue weighted by molar-refractivity contribution is 7.26. The number of thiophene rings is 2. The fourth-order valence-electron chi connectivity index (χ4n) is 13.6. The predicted octanol–water partition coefficient (Wildman–Crippen LogP) is 23.4. The normalized spacial score (nSPS) is 13.0. The summed E-state index contributed by atoms with van der Waals surface area (Å²) in [4.78, 5) is 2.46. The van der Waals surface area contributed by atoms with Gasteiger partial charge in [-0.25, -0.2) is 0 Å². The number of rotatable bonds is 11. The third kappa shape index (κ3) is 8.65. The molecular weight excluding hydrogens is 1050 g/mol. The van der Waals surface area contributed by atoms with Crippen molar-refractivity contribution in [3.8, 4) is 55.6 Å². The van der Waals surface area contributed by atoms with Gasteiger partial charge in [0.05, 0.1) is 0 Å². The van der Waals surface area contributed by atoms with Crippen LogP contribution >= 0.6 is 22.7 Å². The highest BCUT2D eigenvalue weighted by Crippen LogP contribution is 2.54. The molecule has 0 bridgehead atoms. The lowest BCUT2D eigenvalue weighted by Crippen LogP contribution is -2.17. The summed E-state index contributed by atoms with van der Waals surface area (Å²) < 4.78 is 5.29. The molecule has 0 saturated carbocycles. The van der Waals surface area contributed by atoms with E-state index in [-0.39, 0.29) is 11.3 Å². The van der Waals surface area contributed by atoms with Gasteiger partial charge in [0.15, 0.2) is 0 Å². The molecule has 2 heterocycles. The molecule has 1 unspecified atom stereocenters. The summed E-state index contributed by atoms with van der Waals surface area (Å²) >= 11 is 3.74. The Balaban J connectivity index is 0.805. The lowest BCUT2D eigenvalue weighted by molar-refractivity contribution is 0.659. The molecular formula is C81H57NS2. The Hall–Kier alpha value is -9.64. The standard InChI is InChI=1S/C81H57NS2/c1-81(2)74-51-65(82(63-39-35-55(36-40-63)53-19-7-4-8-20-53)64-24-16-22-58(46-64)60-38-44-79-73(48-60)68-27-12-14-30-77(68)84-79)41-42-70(74)80-69-28-10-9-25-66(69)62(50-75(80)81)49-71(56-33-31-54(32-34-56)52-17-5-3-6-18-52)61-23-15-21-57(45-61)59-37-43-78-72(47-59)67-26-11-13-29-76(67)83-78/h3-48,50-51,71H,49H2,1-2H3. The predicted molar refractivity (Wildman–Crippen MR) is 362 cm³/mol. The minimum atomic E-state index is -0.305. The summed E-state index contributed by atoms with van der Waals surface area (Å²) in [6.07, 6.45) is 0.840. The van der Waals surface area contributed by atoms with E-state index in [4.69, 9.17) is 0 Å². The van der Waals surface area contributed by atoms with E-state index in [1.54, 1.807) is 0 Å². The minimum absolute atomic E-state index is 0.0875. The summed E-state index contributed by atoms with van der Waals surface area (Å²) in [5, 5.41) is 7.89. The molecule has 0 saturated heterocycles. The molecule has 0 amide bonds. The number of hydrogen-bond acceptors (Lipinski definition) is 3. The minimum Gasteiger partial charge on any atom is -0.310 e. The van der Waals surface area contributed by atoms with Gasteiger partial charge < -0.3 is 4.90 Å². The van der Waals surface area contributed by atoms with E-state index in [9.17, 15) is 0 Å². The van der Waals surface area contributed by atoms with Crippen molar-refractivity contribution in [2.24, 2.45) is 0 Å². The van der Waals surface area contributed by atoms with E-state index < -0.39 is 0 Å². The molecule has 3 heteroatoms. The largest absolute Gasteiger partial charge is 0.310 e. The molecule has 0 aliphatic heterocycles. The van der Waals surface area contributed by atoms with Gasteiger partial charge in [-0.05, 0) is 173 Å². The molecule has 0 radical (unpaired) electrons. The molecule has 16 rings (SSSR count). The molecule has 1 nitrogen and oxygen atoms in total. The smallest absolute Gasteiger partial charge is 0.0467 e. The van der Waals surface area contributed by atoms with Crippen LogP contribution in [0.1, 0.15) is 47.6 Å². The number of nitrogens with zero attached hydrogens (tertiary/aromatic N) is 1. The Kier molecular flexibility index (Phi) is 12.1. The molecule has 1 atom stereocenters. The molecule has 0 spiro atoms. The Bertz CT molecular complexity index is 5010. The first-order valence-corrected chi connectivity index (χ1v) is 30.8. The van der Waals surface area contributed by atoms with Crippen molar-refractivity contribution in [2.75, 3.05) is 4.90 Å². The lowest BCUT2D eigenvalue weighted by atomic mass is 9.78. The van der Waals surface area contributed by atoms with E-state index >= 15 is 0 Å². The summed E-state index contributed by atoms with van der Waals surface area (Å²) in [5.74, 6) is 0.0875. The van der Waals surface area contributed by atoms with Gasteiger partial charge in [-0.2, -0.15) is 0 Å². The Morgan fingerprint density at radius 2 is 0.774 bits per heavy atom. The zero-order valence-electron chi connectivity index (χ0n) is 46.8. The van der Waals surface area contributed by atoms with Crippen molar-refractivity contribution in [3.05, 3.63) is 319 Å². The monoisotopic (exact) mass is 1110 g/mol. The van der Waals surface area contributed by atoms with Crippen molar-refractivity contribution in [3.63, 3.8) is 0 Å². The second kappa shape index (κ2) is 20.4. The maximum absolute atomic E-state index is 2.58. The third-order valence-corrected chi connectivity index (χ3v) is 20.2. The first-order valence-electron chi connectivity index (χ1n) is 29.2. The van der Waals surface area contributed by atoms with Crippen molar-refractivity contribution >= 4 is 90.9 Å². The molecule has 2 aromatic heterocycles. The van der Waals surface area contributed by atoms with Crippen molar-refractivity contribution in [2.45, 2.75) is 31.6 Å². The molecule has 84 heavy (non-hydrogen) atoms. The van der Waals surface area contributed by atoms with E-state index in [0.717, 1.165) is 23.5 Å². The zero-order valence-corrected chi connectivity index (χ0v) is 48.4. The number of anilines is 3. The van der Waals surface area contributed by atoms with Crippen LogP contribution < -0.4 is 4.90 Å². The molecule has 1 aliphatic rings. The van der Waals surface area contributed by atoms with Crippen LogP contribution in [0.2, 0.25) is 0 Å². The maximum Gasteiger partial charge on any atom is 0.0467 e. The highest BCUT2D eigenvalue weighted by Gasteiger charge is 2.38. The number of hydrogen-bond donors (Lipinski definition) is 0. The van der Waals surface area contributed by atoms with E-state index in [1.807, 2.05) is 22.7 Å². The average Bonchev–Trinajstić information content (AvgIpc) is 2.60. The van der Waals surface area contributed by atoms with Gasteiger partial charge in [0, 0.05) is 68.7 Å². The zero-order chi connectivity index (χ0) is 55.9. The topological polar surface area (TPSA) is 3.24 Å². The SMILES string of the molecule is CC1(C)c2cc(N(c3ccc(-c4ccccc4)cc3)c3cccc(-c4ccc5sc6ccccc6c5c4)c3)ccc2-c2c1cc(CC(c1ccc(-c3ccccc3)cc1)c1cccc(-c3ccc4sc5ccccc5c4c3)c1)c1ccccc21. The van der Waals surface area contributed by atoms with Crippen molar-refractivity contribution < 1.29 is 0 Å². The van der Waals surface area contributed by atoms with Crippen LogP contribution in [0.5, 0.6) is 0 Å². The van der Waals surface area contributed by atoms with Gasteiger partial charge in [0.2, 0.25) is 0 Å². The van der Waals surface area contributed by atoms with Crippen LogP contribution in [0, 0.1) is 0 Å². The van der Waals surface area contributed by atoms with E-state index in [2.05, 4.69) is 310 Å². The Labute approximate surface area is 498 Å². The third-order valence-electron chi connectivity index (χ3n) is 17.9. The summed E-state index contributed by atoms with van der Waals surface area (Å²) in [5.41, 5.74) is 22.2. The summed E-state index contributed by atoms with van der Waals surface area (Å²) in [6.45, 7) is 4.89.